The van der Waals surface area contributed by atoms with Crippen LogP contribution in [0.1, 0.15) is 21.6 Å². The van der Waals surface area contributed by atoms with Gasteiger partial charge in [0.1, 0.15) is 18.2 Å². The summed E-state index contributed by atoms with van der Waals surface area (Å²) in [7, 11) is 0. The lowest BCUT2D eigenvalue weighted by molar-refractivity contribution is -0.0000155. The number of amides is 1. The van der Waals surface area contributed by atoms with Crippen molar-refractivity contribution in [2.24, 2.45) is 0 Å². The number of hydrogen-bond acceptors (Lipinski definition) is 7. The molecule has 0 saturated heterocycles. The SMILES string of the molecule is Nc1nonc1C(=O)NCCNCc1ccccc1OCc1ccc(F)cc1.[Cl-]. The number of carbonyl (C=O) groups excluding carboxylic acids is 1. The number of rotatable bonds is 9. The standard InChI is InChI=1S/C19H20FN5O3.ClH/c20-15-7-5-13(6-8-15)12-27-16-4-2-1-3-14(16)11-22-9-10-23-19(26)17-18(21)25-28-24-17;/h1-8,22H,9-12H2,(H2,21,25)(H,23,26);1H/p-1. The summed E-state index contributed by atoms with van der Waals surface area (Å²) >= 11 is 0. The van der Waals surface area contributed by atoms with Crippen molar-refractivity contribution in [3.8, 4) is 5.75 Å². The van der Waals surface area contributed by atoms with E-state index in [2.05, 4.69) is 25.6 Å². The van der Waals surface area contributed by atoms with Crippen molar-refractivity contribution in [1.29, 1.82) is 0 Å². The van der Waals surface area contributed by atoms with Crippen molar-refractivity contribution in [1.82, 2.24) is 20.9 Å². The van der Waals surface area contributed by atoms with Crippen LogP contribution in [-0.4, -0.2) is 29.3 Å². The molecule has 1 heterocycles. The van der Waals surface area contributed by atoms with Crippen LogP contribution in [0.25, 0.3) is 0 Å². The predicted molar refractivity (Wildman–Crippen MR) is 99.9 cm³/mol. The molecular formula is C19H20ClFN5O3-. The number of ether oxygens (including phenoxy) is 1. The Balaban J connectivity index is 0.00000300. The monoisotopic (exact) mass is 420 g/mol. The lowest BCUT2D eigenvalue weighted by atomic mass is 10.2. The van der Waals surface area contributed by atoms with Gasteiger partial charge < -0.3 is 33.5 Å². The number of halogens is 2. The van der Waals surface area contributed by atoms with E-state index in [-0.39, 0.29) is 29.7 Å². The zero-order chi connectivity index (χ0) is 19.8. The number of nitrogens with two attached hydrogens (primary N) is 1. The average molecular weight is 421 g/mol. The summed E-state index contributed by atoms with van der Waals surface area (Å²) in [6.45, 7) is 1.82. The minimum Gasteiger partial charge on any atom is -1.00 e. The third-order valence-electron chi connectivity index (χ3n) is 3.91. The van der Waals surface area contributed by atoms with Crippen LogP contribution in [-0.2, 0) is 13.2 Å². The Bertz CT molecular complexity index is 920. The topological polar surface area (TPSA) is 115 Å². The first-order chi connectivity index (χ1) is 13.6. The van der Waals surface area contributed by atoms with Gasteiger partial charge in [-0.2, -0.15) is 0 Å². The van der Waals surface area contributed by atoms with Crippen LogP contribution >= 0.6 is 0 Å². The molecule has 2 aromatic carbocycles. The van der Waals surface area contributed by atoms with E-state index in [4.69, 9.17) is 10.5 Å². The quantitative estimate of drug-likeness (QED) is 0.376. The third kappa shape index (κ3) is 6.44. The van der Waals surface area contributed by atoms with E-state index in [0.29, 0.717) is 26.2 Å². The van der Waals surface area contributed by atoms with E-state index in [1.807, 2.05) is 24.3 Å². The summed E-state index contributed by atoms with van der Waals surface area (Å²) in [5, 5.41) is 12.7. The number of nitrogen functional groups attached to an aromatic ring is 1. The van der Waals surface area contributed by atoms with E-state index in [9.17, 15) is 9.18 Å². The van der Waals surface area contributed by atoms with Crippen molar-refractivity contribution in [2.45, 2.75) is 13.2 Å². The molecule has 0 aliphatic carbocycles. The number of nitrogens with zero attached hydrogens (tertiary/aromatic N) is 2. The molecule has 1 aromatic heterocycles. The zero-order valence-corrected chi connectivity index (χ0v) is 16.2. The fourth-order valence-corrected chi connectivity index (χ4v) is 2.46. The number of hydrogen-bond donors (Lipinski definition) is 3. The highest BCUT2D eigenvalue weighted by atomic mass is 35.5. The summed E-state index contributed by atoms with van der Waals surface area (Å²) < 4.78 is 23.2. The van der Waals surface area contributed by atoms with Gasteiger partial charge in [0.15, 0.2) is 0 Å². The highest BCUT2D eigenvalue weighted by Gasteiger charge is 2.14. The fourth-order valence-electron chi connectivity index (χ4n) is 2.46. The van der Waals surface area contributed by atoms with E-state index >= 15 is 0 Å². The van der Waals surface area contributed by atoms with Crippen LogP contribution in [0, 0.1) is 5.82 Å². The summed E-state index contributed by atoms with van der Waals surface area (Å²) in [4.78, 5) is 11.8. The number of aromatic nitrogens is 2. The van der Waals surface area contributed by atoms with Crippen molar-refractivity contribution in [2.75, 3.05) is 18.8 Å². The largest absolute Gasteiger partial charge is 1.00 e. The van der Waals surface area contributed by atoms with Crippen LogP contribution < -0.4 is 33.5 Å². The van der Waals surface area contributed by atoms with Crippen molar-refractivity contribution < 1.29 is 31.0 Å². The molecule has 10 heteroatoms. The lowest BCUT2D eigenvalue weighted by Gasteiger charge is -2.12. The first-order valence-electron chi connectivity index (χ1n) is 8.65. The Morgan fingerprint density at radius 3 is 2.59 bits per heavy atom. The Morgan fingerprint density at radius 2 is 1.86 bits per heavy atom. The Labute approximate surface area is 173 Å². The average Bonchev–Trinajstić information content (AvgIpc) is 3.14. The van der Waals surface area contributed by atoms with Gasteiger partial charge in [0, 0.05) is 25.2 Å². The van der Waals surface area contributed by atoms with Gasteiger partial charge in [0.05, 0.1) is 0 Å². The molecule has 0 bridgehead atoms. The minimum atomic E-state index is -0.441. The highest BCUT2D eigenvalue weighted by molar-refractivity contribution is 5.95. The van der Waals surface area contributed by atoms with Crippen molar-refractivity contribution >= 4 is 11.7 Å². The van der Waals surface area contributed by atoms with Crippen LogP contribution in [0.4, 0.5) is 10.2 Å². The van der Waals surface area contributed by atoms with E-state index in [1.165, 1.54) is 12.1 Å². The molecule has 0 atom stereocenters. The second-order valence-corrected chi connectivity index (χ2v) is 5.95. The smallest absolute Gasteiger partial charge is 0.277 e. The van der Waals surface area contributed by atoms with Gasteiger partial charge in [0.2, 0.25) is 11.5 Å². The summed E-state index contributed by atoms with van der Waals surface area (Å²) in [5.74, 6) is -0.0194. The molecule has 8 nitrogen and oxygen atoms in total. The number of carbonyl (C=O) groups is 1. The molecule has 3 aromatic rings. The van der Waals surface area contributed by atoms with Gasteiger partial charge in [-0.3, -0.25) is 4.79 Å². The van der Waals surface area contributed by atoms with Crippen LogP contribution in [0.5, 0.6) is 5.75 Å². The molecule has 4 N–H and O–H groups in total. The van der Waals surface area contributed by atoms with Gasteiger partial charge >= 0.3 is 0 Å². The van der Waals surface area contributed by atoms with Gasteiger partial charge in [-0.1, -0.05) is 30.3 Å². The van der Waals surface area contributed by atoms with Gasteiger partial charge in [-0.05, 0) is 34.1 Å². The Morgan fingerprint density at radius 1 is 1.10 bits per heavy atom. The summed E-state index contributed by atoms with van der Waals surface area (Å²) in [5.41, 5.74) is 7.29. The Hall–Kier alpha value is -3.17. The molecule has 0 radical (unpaired) electrons. The summed E-state index contributed by atoms with van der Waals surface area (Å²) in [6.07, 6.45) is 0. The molecule has 0 saturated carbocycles. The predicted octanol–water partition coefficient (Wildman–Crippen LogP) is -1.11. The molecule has 1 amide bonds. The number of anilines is 1. The summed E-state index contributed by atoms with van der Waals surface area (Å²) in [6, 6.07) is 13.8. The third-order valence-corrected chi connectivity index (χ3v) is 3.91. The van der Waals surface area contributed by atoms with E-state index < -0.39 is 5.91 Å². The number of para-hydroxylation sites is 1. The lowest BCUT2D eigenvalue weighted by Crippen LogP contribution is -3.00. The first kappa shape index (κ1) is 22.1. The molecule has 0 aliphatic heterocycles. The van der Waals surface area contributed by atoms with Crippen molar-refractivity contribution in [3.05, 3.63) is 71.2 Å². The first-order valence-corrected chi connectivity index (χ1v) is 8.65. The molecule has 0 unspecified atom stereocenters. The maximum absolute atomic E-state index is 13.0. The maximum atomic E-state index is 13.0. The molecule has 0 aliphatic rings. The molecule has 29 heavy (non-hydrogen) atoms. The van der Waals surface area contributed by atoms with Crippen molar-refractivity contribution in [3.63, 3.8) is 0 Å². The Kier molecular flexibility index (Phi) is 8.38. The minimum absolute atomic E-state index is 0. The van der Waals surface area contributed by atoms with E-state index in [1.54, 1.807) is 12.1 Å². The van der Waals surface area contributed by atoms with Gasteiger partial charge in [0.25, 0.3) is 5.91 Å². The number of benzene rings is 2. The fraction of sp³-hybridized carbons (Fsp3) is 0.211. The van der Waals surface area contributed by atoms with Crippen LogP contribution in [0.2, 0.25) is 0 Å². The second-order valence-electron chi connectivity index (χ2n) is 5.95. The molecule has 0 spiro atoms. The molecule has 3 rings (SSSR count). The van der Waals surface area contributed by atoms with Crippen LogP contribution in [0.3, 0.4) is 0 Å². The highest BCUT2D eigenvalue weighted by Crippen LogP contribution is 2.19. The maximum Gasteiger partial charge on any atom is 0.277 e. The molecule has 0 fully saturated rings. The normalized spacial score (nSPS) is 10.2. The molecular weight excluding hydrogens is 401 g/mol. The molecule has 154 valence electrons. The van der Waals surface area contributed by atoms with E-state index in [0.717, 1.165) is 16.9 Å². The van der Waals surface area contributed by atoms with Gasteiger partial charge in [-0.15, -0.1) is 0 Å². The van der Waals surface area contributed by atoms with Crippen LogP contribution in [0.15, 0.2) is 53.2 Å². The second kappa shape index (κ2) is 11.0. The zero-order valence-electron chi connectivity index (χ0n) is 15.4. The number of nitrogens with one attached hydrogen (secondary N) is 2. The van der Waals surface area contributed by atoms with Gasteiger partial charge in [-0.25, -0.2) is 9.02 Å².